The monoisotopic (exact) mass is 357 g/mol. The molecule has 0 bridgehead atoms. The average molecular weight is 357 g/mol. The molecule has 0 amide bonds. The molecule has 1 N–H and O–H groups in total. The van der Waals surface area contributed by atoms with Crippen molar-refractivity contribution >= 4 is 5.97 Å². The lowest BCUT2D eigenvalue weighted by molar-refractivity contribution is -0.140. The quantitative estimate of drug-likeness (QED) is 0.429. The highest BCUT2D eigenvalue weighted by Crippen LogP contribution is 2.48. The molecular weight excluding hydrogens is 334 g/mol. The smallest absolute Gasteiger partial charge is 0.324 e. The number of aryl methyl sites for hydroxylation is 1. The third kappa shape index (κ3) is 2.84. The van der Waals surface area contributed by atoms with E-state index in [4.69, 9.17) is 4.74 Å². The van der Waals surface area contributed by atoms with E-state index in [0.29, 0.717) is 0 Å². The average Bonchev–Trinajstić information content (AvgIpc) is 3.52. The van der Waals surface area contributed by atoms with Crippen molar-refractivity contribution in [1.29, 1.82) is 0 Å². The minimum atomic E-state index is -0.479. The summed E-state index contributed by atoms with van der Waals surface area (Å²) in [5.74, 6) is -0.218. The maximum atomic E-state index is 12.3. The van der Waals surface area contributed by atoms with E-state index < -0.39 is 5.41 Å². The molecule has 4 rings (SSSR count). The summed E-state index contributed by atoms with van der Waals surface area (Å²) in [5.41, 5.74) is 4.24. The summed E-state index contributed by atoms with van der Waals surface area (Å²) in [6, 6.07) is 28.9. The lowest BCUT2D eigenvalue weighted by Crippen LogP contribution is -2.39. The number of nitrogens with one attached hydrogen (secondary N) is 1. The van der Waals surface area contributed by atoms with Gasteiger partial charge in [-0.3, -0.25) is 10.1 Å². The van der Waals surface area contributed by atoms with Gasteiger partial charge in [-0.05, 0) is 29.2 Å². The number of methoxy groups -OCH3 is 1. The predicted molar refractivity (Wildman–Crippen MR) is 107 cm³/mol. The minimum absolute atomic E-state index is 0.0733. The predicted octanol–water partition coefficient (Wildman–Crippen LogP) is 3.84. The molecule has 0 unspecified atom stereocenters. The van der Waals surface area contributed by atoms with E-state index in [1.807, 2.05) is 12.1 Å². The Morgan fingerprint density at radius 2 is 1.37 bits per heavy atom. The van der Waals surface area contributed by atoms with Crippen LogP contribution in [-0.2, 0) is 14.9 Å². The Morgan fingerprint density at radius 3 is 1.89 bits per heavy atom. The second kappa shape index (κ2) is 7.01. The number of ether oxygens (including phenoxy) is 1. The minimum Gasteiger partial charge on any atom is -0.468 e. The number of hydrogen-bond acceptors (Lipinski definition) is 3. The second-order valence-electron chi connectivity index (χ2n) is 7.00. The molecule has 3 nitrogen and oxygen atoms in total. The van der Waals surface area contributed by atoms with Gasteiger partial charge in [-0.15, -0.1) is 0 Å². The van der Waals surface area contributed by atoms with Gasteiger partial charge in [-0.2, -0.15) is 0 Å². The highest BCUT2D eigenvalue weighted by Gasteiger charge is 2.59. The van der Waals surface area contributed by atoms with Crippen LogP contribution in [0.25, 0.3) is 0 Å². The van der Waals surface area contributed by atoms with Gasteiger partial charge in [0, 0.05) is 0 Å². The van der Waals surface area contributed by atoms with Crippen LogP contribution in [0.1, 0.15) is 22.3 Å². The van der Waals surface area contributed by atoms with E-state index in [9.17, 15) is 4.79 Å². The van der Waals surface area contributed by atoms with Crippen LogP contribution in [-0.4, -0.2) is 25.2 Å². The van der Waals surface area contributed by atoms with Gasteiger partial charge >= 0.3 is 5.97 Å². The van der Waals surface area contributed by atoms with E-state index in [0.717, 1.165) is 11.1 Å². The topological polar surface area (TPSA) is 48.2 Å². The molecule has 0 aliphatic carbocycles. The Hall–Kier alpha value is -2.91. The third-order valence-electron chi connectivity index (χ3n) is 5.53. The molecule has 3 aromatic rings. The zero-order valence-corrected chi connectivity index (χ0v) is 15.6. The van der Waals surface area contributed by atoms with Gasteiger partial charge in [0.15, 0.2) is 0 Å². The Kier molecular flexibility index (Phi) is 4.54. The van der Waals surface area contributed by atoms with Crippen LogP contribution in [0.5, 0.6) is 0 Å². The van der Waals surface area contributed by atoms with Crippen LogP contribution in [0, 0.1) is 6.92 Å². The summed E-state index contributed by atoms with van der Waals surface area (Å²) in [7, 11) is 1.44. The number of carbonyl (C=O) groups is 1. The van der Waals surface area contributed by atoms with Gasteiger partial charge < -0.3 is 4.74 Å². The van der Waals surface area contributed by atoms with Crippen LogP contribution in [0.15, 0.2) is 84.9 Å². The standard InChI is InChI=1S/C24H23NO2/c1-17-11-9-10-16-20(17)24(18-12-5-3-6-13-18,19-14-7-4-8-15-19)22-21(25-22)23(26)27-2/h3-16,21-22,25H,1-2H3/t21-,22+/m0/s1. The van der Waals surface area contributed by atoms with Gasteiger partial charge in [0.05, 0.1) is 18.6 Å². The molecule has 1 aliphatic heterocycles. The molecule has 1 saturated heterocycles. The first kappa shape index (κ1) is 17.5. The summed E-state index contributed by atoms with van der Waals surface area (Å²) in [6.07, 6.45) is 0. The van der Waals surface area contributed by atoms with Crippen molar-refractivity contribution < 1.29 is 9.53 Å². The lowest BCUT2D eigenvalue weighted by Gasteiger charge is -2.37. The maximum absolute atomic E-state index is 12.3. The van der Waals surface area contributed by atoms with E-state index in [-0.39, 0.29) is 18.1 Å². The van der Waals surface area contributed by atoms with Crippen molar-refractivity contribution in [2.75, 3.05) is 7.11 Å². The summed E-state index contributed by atoms with van der Waals surface area (Å²) < 4.78 is 5.04. The fourth-order valence-electron chi connectivity index (χ4n) is 4.27. The van der Waals surface area contributed by atoms with E-state index >= 15 is 0 Å². The summed E-state index contributed by atoms with van der Waals surface area (Å²) >= 11 is 0. The normalized spacial score (nSPS) is 18.7. The van der Waals surface area contributed by atoms with Crippen molar-refractivity contribution in [2.45, 2.75) is 24.4 Å². The van der Waals surface area contributed by atoms with Gasteiger partial charge in [0.25, 0.3) is 0 Å². The van der Waals surface area contributed by atoms with E-state index in [1.165, 1.54) is 18.2 Å². The molecule has 2 atom stereocenters. The van der Waals surface area contributed by atoms with Crippen molar-refractivity contribution in [2.24, 2.45) is 0 Å². The largest absolute Gasteiger partial charge is 0.468 e. The summed E-state index contributed by atoms with van der Waals surface area (Å²) in [4.78, 5) is 12.3. The molecule has 1 heterocycles. The lowest BCUT2D eigenvalue weighted by atomic mass is 9.65. The second-order valence-corrected chi connectivity index (χ2v) is 7.00. The number of rotatable bonds is 5. The fraction of sp³-hybridized carbons (Fsp3) is 0.208. The molecule has 0 spiro atoms. The zero-order valence-electron chi connectivity index (χ0n) is 15.6. The van der Waals surface area contributed by atoms with Crippen molar-refractivity contribution in [3.63, 3.8) is 0 Å². The van der Waals surface area contributed by atoms with Gasteiger partial charge in [0.1, 0.15) is 6.04 Å². The summed E-state index contributed by atoms with van der Waals surface area (Å²) in [5, 5.41) is 3.41. The Labute approximate surface area is 160 Å². The SMILES string of the molecule is COC(=O)[C@H]1N[C@H]1C(c1ccccc1)(c1ccccc1)c1ccccc1C. The first-order chi connectivity index (χ1) is 13.2. The fourth-order valence-corrected chi connectivity index (χ4v) is 4.27. The third-order valence-corrected chi connectivity index (χ3v) is 5.53. The van der Waals surface area contributed by atoms with Crippen molar-refractivity contribution in [3.05, 3.63) is 107 Å². The number of esters is 1. The first-order valence-corrected chi connectivity index (χ1v) is 9.20. The van der Waals surface area contributed by atoms with Crippen LogP contribution in [0.4, 0.5) is 0 Å². The van der Waals surface area contributed by atoms with Gasteiger partial charge in [-0.1, -0.05) is 84.9 Å². The Bertz CT molecular complexity index is 897. The van der Waals surface area contributed by atoms with Crippen LogP contribution in [0.2, 0.25) is 0 Å². The number of benzene rings is 3. The highest BCUT2D eigenvalue weighted by molar-refractivity contribution is 5.82. The zero-order chi connectivity index (χ0) is 18.9. The van der Waals surface area contributed by atoms with Crippen LogP contribution < -0.4 is 5.32 Å². The van der Waals surface area contributed by atoms with Crippen LogP contribution >= 0.6 is 0 Å². The Balaban J connectivity index is 2.02. The molecular formula is C24H23NO2. The molecule has 3 heteroatoms. The molecule has 0 aromatic heterocycles. The van der Waals surface area contributed by atoms with Crippen LogP contribution in [0.3, 0.4) is 0 Å². The van der Waals surface area contributed by atoms with Gasteiger partial charge in [0.2, 0.25) is 0 Å². The molecule has 1 fully saturated rings. The van der Waals surface area contributed by atoms with Gasteiger partial charge in [-0.25, -0.2) is 0 Å². The molecule has 1 aliphatic rings. The molecule has 0 radical (unpaired) electrons. The van der Waals surface area contributed by atoms with E-state index in [1.54, 1.807) is 0 Å². The molecule has 3 aromatic carbocycles. The Morgan fingerprint density at radius 1 is 0.852 bits per heavy atom. The number of carbonyl (C=O) groups excluding carboxylic acids is 1. The summed E-state index contributed by atoms with van der Waals surface area (Å²) in [6.45, 7) is 2.13. The maximum Gasteiger partial charge on any atom is 0.324 e. The molecule has 27 heavy (non-hydrogen) atoms. The number of hydrogen-bond donors (Lipinski definition) is 1. The van der Waals surface area contributed by atoms with E-state index in [2.05, 4.69) is 85.0 Å². The van der Waals surface area contributed by atoms with Crippen molar-refractivity contribution in [1.82, 2.24) is 5.32 Å². The molecule has 0 saturated carbocycles. The first-order valence-electron chi connectivity index (χ1n) is 9.20. The molecule has 136 valence electrons. The highest BCUT2D eigenvalue weighted by atomic mass is 16.5. The van der Waals surface area contributed by atoms with Crippen molar-refractivity contribution in [3.8, 4) is 0 Å².